The molecule has 0 radical (unpaired) electrons. The van der Waals surface area contributed by atoms with E-state index in [0.29, 0.717) is 17.7 Å². The fourth-order valence-electron chi connectivity index (χ4n) is 3.93. The monoisotopic (exact) mass is 486 g/mol. The van der Waals surface area contributed by atoms with E-state index in [-0.39, 0.29) is 27.8 Å². The summed E-state index contributed by atoms with van der Waals surface area (Å²) in [5.74, 6) is -1.14. The van der Waals surface area contributed by atoms with Crippen LogP contribution in [0.2, 0.25) is 5.02 Å². The number of ether oxygens (including phenoxy) is 1. The molecule has 172 valence electrons. The Hall–Kier alpha value is -3.10. The molecule has 0 saturated carbocycles. The smallest absolute Gasteiger partial charge is 0.338 e. The van der Waals surface area contributed by atoms with Crippen LogP contribution in [0.25, 0.3) is 0 Å². The summed E-state index contributed by atoms with van der Waals surface area (Å²) in [6.45, 7) is 3.53. The maximum atomic E-state index is 13.3. The second kappa shape index (κ2) is 8.68. The van der Waals surface area contributed by atoms with Gasteiger partial charge in [-0.05, 0) is 56.2 Å². The van der Waals surface area contributed by atoms with E-state index >= 15 is 0 Å². The number of benzene rings is 2. The first-order valence-electron chi connectivity index (χ1n) is 10.3. The molecule has 0 N–H and O–H groups in total. The second-order valence-electron chi connectivity index (χ2n) is 7.94. The highest BCUT2D eigenvalue weighted by molar-refractivity contribution is 7.93. The van der Waals surface area contributed by atoms with Gasteiger partial charge in [0, 0.05) is 30.5 Å². The number of carbonyl (C=O) groups excluding carboxylic acids is 2. The van der Waals surface area contributed by atoms with E-state index in [4.69, 9.17) is 16.3 Å². The molecule has 7 nitrogen and oxygen atoms in total. The molecule has 0 saturated heterocycles. The maximum absolute atomic E-state index is 13.3. The Bertz CT molecular complexity index is 1380. The summed E-state index contributed by atoms with van der Waals surface area (Å²) in [5.41, 5.74) is 3.70. The van der Waals surface area contributed by atoms with Crippen LogP contribution in [0.5, 0.6) is 0 Å². The van der Waals surface area contributed by atoms with Gasteiger partial charge in [-0.1, -0.05) is 29.8 Å². The average molecular weight is 487 g/mol. The molecule has 0 atom stereocenters. The normalized spacial score (nSPS) is 13.2. The highest BCUT2D eigenvalue weighted by atomic mass is 35.5. The van der Waals surface area contributed by atoms with E-state index in [1.165, 1.54) is 22.5 Å². The zero-order valence-electron chi connectivity index (χ0n) is 18.5. The molecule has 1 aromatic heterocycles. The Kier molecular flexibility index (Phi) is 6.07. The Labute approximate surface area is 197 Å². The van der Waals surface area contributed by atoms with Crippen molar-refractivity contribution in [3.8, 4) is 0 Å². The summed E-state index contributed by atoms with van der Waals surface area (Å²) >= 11 is 6.22. The van der Waals surface area contributed by atoms with E-state index in [1.807, 2.05) is 37.6 Å². The summed E-state index contributed by atoms with van der Waals surface area (Å²) in [4.78, 5) is 25.0. The zero-order chi connectivity index (χ0) is 23.9. The first kappa shape index (κ1) is 23.1. The highest BCUT2D eigenvalue weighted by Gasteiger charge is 2.32. The minimum atomic E-state index is -4.00. The lowest BCUT2D eigenvalue weighted by molar-refractivity contribution is 0.0474. The number of halogens is 1. The molecule has 2 heterocycles. The number of para-hydroxylation sites is 1. The largest absolute Gasteiger partial charge is 0.454 e. The van der Waals surface area contributed by atoms with E-state index in [1.54, 1.807) is 18.2 Å². The molecule has 0 aliphatic carbocycles. The lowest BCUT2D eigenvalue weighted by Crippen LogP contribution is -2.29. The van der Waals surface area contributed by atoms with Crippen molar-refractivity contribution >= 4 is 39.1 Å². The van der Waals surface area contributed by atoms with E-state index in [2.05, 4.69) is 0 Å². The summed E-state index contributed by atoms with van der Waals surface area (Å²) in [7, 11) is -2.15. The van der Waals surface area contributed by atoms with Crippen molar-refractivity contribution in [3.05, 3.63) is 81.6 Å². The molecular formula is C24H23ClN2O5S. The molecule has 1 aliphatic rings. The number of sulfonamides is 1. The Morgan fingerprint density at radius 2 is 1.82 bits per heavy atom. The molecule has 0 spiro atoms. The van der Waals surface area contributed by atoms with Crippen LogP contribution in [-0.4, -0.2) is 37.9 Å². The molecule has 4 rings (SSSR count). The summed E-state index contributed by atoms with van der Waals surface area (Å²) in [6.07, 6.45) is 0.593. The fraction of sp³-hybridized carbons (Fsp3) is 0.250. The number of rotatable bonds is 6. The van der Waals surface area contributed by atoms with Crippen molar-refractivity contribution in [1.29, 1.82) is 0 Å². The predicted molar refractivity (Wildman–Crippen MR) is 126 cm³/mol. The third kappa shape index (κ3) is 4.16. The van der Waals surface area contributed by atoms with Gasteiger partial charge in [-0.3, -0.25) is 9.10 Å². The molecule has 0 unspecified atom stereocenters. The first-order valence-corrected chi connectivity index (χ1v) is 12.2. The van der Waals surface area contributed by atoms with Gasteiger partial charge in [0.1, 0.15) is 4.90 Å². The third-order valence-electron chi connectivity index (χ3n) is 5.99. The van der Waals surface area contributed by atoms with Crippen molar-refractivity contribution in [2.24, 2.45) is 7.05 Å². The number of hydrogen-bond donors (Lipinski definition) is 0. The van der Waals surface area contributed by atoms with Crippen molar-refractivity contribution < 1.29 is 22.7 Å². The van der Waals surface area contributed by atoms with Crippen LogP contribution >= 0.6 is 11.6 Å². The lowest BCUT2D eigenvalue weighted by Gasteiger charge is -2.20. The van der Waals surface area contributed by atoms with Gasteiger partial charge in [0.2, 0.25) is 5.78 Å². The van der Waals surface area contributed by atoms with Crippen LogP contribution in [0.3, 0.4) is 0 Å². The molecule has 9 heteroatoms. The Morgan fingerprint density at radius 3 is 2.52 bits per heavy atom. The van der Waals surface area contributed by atoms with Gasteiger partial charge in [-0.25, -0.2) is 13.2 Å². The molecular weight excluding hydrogens is 464 g/mol. The molecule has 3 aromatic rings. The third-order valence-corrected chi connectivity index (χ3v) is 8.28. The van der Waals surface area contributed by atoms with Crippen molar-refractivity contribution in [1.82, 2.24) is 4.57 Å². The second-order valence-corrected chi connectivity index (χ2v) is 10.2. The molecule has 33 heavy (non-hydrogen) atoms. The molecule has 0 fully saturated rings. The van der Waals surface area contributed by atoms with Gasteiger partial charge >= 0.3 is 5.97 Å². The summed E-state index contributed by atoms with van der Waals surface area (Å²) in [6, 6.07) is 12.9. The van der Waals surface area contributed by atoms with Crippen LogP contribution in [0.1, 0.15) is 37.7 Å². The van der Waals surface area contributed by atoms with E-state index < -0.39 is 22.6 Å². The van der Waals surface area contributed by atoms with E-state index in [9.17, 15) is 18.0 Å². The number of aryl methyl sites for hydroxylation is 1. The highest BCUT2D eigenvalue weighted by Crippen LogP contribution is 2.35. The van der Waals surface area contributed by atoms with Gasteiger partial charge in [0.25, 0.3) is 10.0 Å². The number of ketones is 1. The molecule has 2 aromatic carbocycles. The number of esters is 1. The number of Topliss-reactive ketones (excluding diaryl/α,β-unsaturated/α-hetero) is 1. The van der Waals surface area contributed by atoms with Crippen LogP contribution in [0.4, 0.5) is 5.69 Å². The van der Waals surface area contributed by atoms with Crippen LogP contribution in [0.15, 0.2) is 53.4 Å². The van der Waals surface area contributed by atoms with Gasteiger partial charge in [0.05, 0.1) is 16.3 Å². The molecule has 0 amide bonds. The van der Waals surface area contributed by atoms with Crippen LogP contribution in [0, 0.1) is 13.8 Å². The Balaban J connectivity index is 1.55. The minimum Gasteiger partial charge on any atom is -0.454 e. The number of nitrogens with zero attached hydrogens (tertiary/aromatic N) is 2. The number of fused-ring (bicyclic) bond motifs is 1. The number of carbonyl (C=O) groups is 2. The fourth-order valence-corrected chi connectivity index (χ4v) is 5.94. The molecule has 1 aliphatic heterocycles. The number of hydrogen-bond acceptors (Lipinski definition) is 5. The predicted octanol–water partition coefficient (Wildman–Crippen LogP) is 4.09. The topological polar surface area (TPSA) is 85.7 Å². The number of anilines is 1. The summed E-state index contributed by atoms with van der Waals surface area (Å²) in [5, 5.41) is 0.00222. The maximum Gasteiger partial charge on any atom is 0.338 e. The Morgan fingerprint density at radius 1 is 1.09 bits per heavy atom. The van der Waals surface area contributed by atoms with Crippen LogP contribution < -0.4 is 4.31 Å². The number of aromatic nitrogens is 1. The van der Waals surface area contributed by atoms with E-state index in [0.717, 1.165) is 17.0 Å². The van der Waals surface area contributed by atoms with Crippen LogP contribution in [-0.2, 0) is 28.2 Å². The van der Waals surface area contributed by atoms with Crippen molar-refractivity contribution in [2.75, 3.05) is 17.5 Å². The lowest BCUT2D eigenvalue weighted by atomic mass is 10.1. The SMILES string of the molecule is Cc1cc(C(=O)COC(=O)c2ccc(Cl)c(S(=O)(=O)N3CCc4ccccc43)c2)c(C)n1C. The average Bonchev–Trinajstić information content (AvgIpc) is 3.34. The van der Waals surface area contributed by atoms with Crippen molar-refractivity contribution in [3.63, 3.8) is 0 Å². The molecule has 0 bridgehead atoms. The van der Waals surface area contributed by atoms with Crippen molar-refractivity contribution in [2.45, 2.75) is 25.2 Å². The summed E-state index contributed by atoms with van der Waals surface area (Å²) < 4.78 is 35.1. The van der Waals surface area contributed by atoms with Gasteiger partial charge in [-0.2, -0.15) is 0 Å². The van der Waals surface area contributed by atoms with Gasteiger partial charge < -0.3 is 9.30 Å². The zero-order valence-corrected chi connectivity index (χ0v) is 20.0. The van der Waals surface area contributed by atoms with Gasteiger partial charge in [0.15, 0.2) is 6.61 Å². The minimum absolute atomic E-state index is 0.000721. The first-order chi connectivity index (χ1) is 15.6. The standard InChI is InChI=1S/C24H23ClN2O5S/c1-15-12-19(16(2)26(15)3)22(28)14-32-24(29)18-8-9-20(25)23(13-18)33(30,31)27-11-10-17-6-4-5-7-21(17)27/h4-9,12-13H,10-11,14H2,1-3H3. The van der Waals surface area contributed by atoms with Gasteiger partial charge in [-0.15, -0.1) is 0 Å². The quantitative estimate of drug-likeness (QED) is 0.387.